The van der Waals surface area contributed by atoms with Crippen LogP contribution >= 0.6 is 0 Å². The van der Waals surface area contributed by atoms with Crippen molar-refractivity contribution in [1.29, 1.82) is 0 Å². The predicted molar refractivity (Wildman–Crippen MR) is 78.2 cm³/mol. The Bertz CT molecular complexity index is 789. The van der Waals surface area contributed by atoms with Crippen LogP contribution in [0.25, 0.3) is 11.0 Å². The molecule has 0 spiro atoms. The number of ether oxygens (including phenoxy) is 3. The zero-order chi connectivity index (χ0) is 16.4. The number of carboxylic acid groups (broad SMARTS) is 1. The van der Waals surface area contributed by atoms with Crippen molar-refractivity contribution in [3.05, 3.63) is 27.6 Å². The van der Waals surface area contributed by atoms with Gasteiger partial charge in [0.1, 0.15) is 5.75 Å². The molecule has 0 aliphatic rings. The van der Waals surface area contributed by atoms with Crippen molar-refractivity contribution in [1.82, 2.24) is 0 Å². The molecule has 2 rings (SSSR count). The number of methoxy groups -OCH3 is 3. The van der Waals surface area contributed by atoms with E-state index in [0.717, 1.165) is 0 Å². The van der Waals surface area contributed by atoms with Crippen LogP contribution in [0.4, 0.5) is 0 Å². The molecule has 0 atom stereocenters. The van der Waals surface area contributed by atoms with Crippen LogP contribution in [0.1, 0.15) is 11.1 Å². The highest BCUT2D eigenvalue weighted by molar-refractivity contribution is 5.93. The van der Waals surface area contributed by atoms with Crippen LogP contribution in [0.15, 0.2) is 15.3 Å². The zero-order valence-electron chi connectivity index (χ0n) is 12.7. The van der Waals surface area contributed by atoms with Crippen molar-refractivity contribution >= 4 is 16.9 Å². The largest absolute Gasteiger partial charge is 0.496 e. The summed E-state index contributed by atoms with van der Waals surface area (Å²) in [7, 11) is 4.36. The molecule has 0 bridgehead atoms. The van der Waals surface area contributed by atoms with Gasteiger partial charge < -0.3 is 23.7 Å². The van der Waals surface area contributed by atoms with Gasteiger partial charge in [0.05, 0.1) is 33.1 Å². The standard InChI is InChI=1S/C15H16O7/c1-7-11(19-2)9-5-8(6-10(16)17)15(18)22-13(9)14(21-4)12(7)20-3/h5H,6H2,1-4H3,(H,16,17). The average Bonchev–Trinajstić information content (AvgIpc) is 2.47. The van der Waals surface area contributed by atoms with Gasteiger partial charge in [-0.15, -0.1) is 0 Å². The Morgan fingerprint density at radius 3 is 2.23 bits per heavy atom. The summed E-state index contributed by atoms with van der Waals surface area (Å²) in [6, 6.07) is 1.45. The summed E-state index contributed by atoms with van der Waals surface area (Å²) in [4.78, 5) is 22.8. The molecule has 0 fully saturated rings. The lowest BCUT2D eigenvalue weighted by Crippen LogP contribution is -2.13. The first-order valence-corrected chi connectivity index (χ1v) is 6.41. The van der Waals surface area contributed by atoms with Crippen LogP contribution in [0.5, 0.6) is 17.2 Å². The monoisotopic (exact) mass is 308 g/mol. The number of carboxylic acids is 1. The van der Waals surface area contributed by atoms with E-state index in [4.69, 9.17) is 23.7 Å². The van der Waals surface area contributed by atoms with E-state index in [-0.39, 0.29) is 16.9 Å². The number of benzene rings is 1. The topological polar surface area (TPSA) is 95.2 Å². The van der Waals surface area contributed by atoms with E-state index in [1.54, 1.807) is 6.92 Å². The first-order chi connectivity index (χ1) is 10.4. The Kier molecular flexibility index (Phi) is 4.25. The van der Waals surface area contributed by atoms with Crippen LogP contribution in [-0.2, 0) is 11.2 Å². The van der Waals surface area contributed by atoms with E-state index in [9.17, 15) is 9.59 Å². The Morgan fingerprint density at radius 1 is 1.14 bits per heavy atom. The molecule has 0 amide bonds. The number of carbonyl (C=O) groups is 1. The molecule has 7 nitrogen and oxygen atoms in total. The van der Waals surface area contributed by atoms with Crippen LogP contribution in [0.2, 0.25) is 0 Å². The number of fused-ring (bicyclic) bond motifs is 1. The highest BCUT2D eigenvalue weighted by Gasteiger charge is 2.23. The average molecular weight is 308 g/mol. The molecule has 0 aliphatic heterocycles. The maximum absolute atomic E-state index is 12.0. The molecule has 1 N–H and O–H groups in total. The molecule has 1 aromatic heterocycles. The number of aliphatic carboxylic acids is 1. The van der Waals surface area contributed by atoms with E-state index in [1.165, 1.54) is 27.4 Å². The highest BCUT2D eigenvalue weighted by Crippen LogP contribution is 2.44. The molecule has 118 valence electrons. The lowest BCUT2D eigenvalue weighted by atomic mass is 10.1. The maximum atomic E-state index is 12.0. The number of hydrogen-bond donors (Lipinski definition) is 1. The summed E-state index contributed by atoms with van der Waals surface area (Å²) in [5.41, 5.74) is 0.108. The van der Waals surface area contributed by atoms with Gasteiger partial charge in [-0.3, -0.25) is 4.79 Å². The number of rotatable bonds is 5. The van der Waals surface area contributed by atoms with Gasteiger partial charge >= 0.3 is 11.6 Å². The van der Waals surface area contributed by atoms with Gasteiger partial charge in [0.25, 0.3) is 0 Å². The van der Waals surface area contributed by atoms with Crippen molar-refractivity contribution in [3.8, 4) is 17.2 Å². The smallest absolute Gasteiger partial charge is 0.340 e. The second kappa shape index (κ2) is 5.97. The van der Waals surface area contributed by atoms with E-state index in [0.29, 0.717) is 22.4 Å². The Balaban J connectivity index is 2.92. The fraction of sp³-hybridized carbons (Fsp3) is 0.333. The van der Waals surface area contributed by atoms with Gasteiger partial charge in [-0.2, -0.15) is 0 Å². The molecule has 2 aromatic rings. The van der Waals surface area contributed by atoms with Crippen molar-refractivity contribution < 1.29 is 28.5 Å². The first-order valence-electron chi connectivity index (χ1n) is 6.41. The second-order valence-corrected chi connectivity index (χ2v) is 4.60. The fourth-order valence-corrected chi connectivity index (χ4v) is 2.41. The van der Waals surface area contributed by atoms with Gasteiger partial charge in [0.15, 0.2) is 11.3 Å². The van der Waals surface area contributed by atoms with Crippen molar-refractivity contribution in [2.45, 2.75) is 13.3 Å². The first kappa shape index (κ1) is 15.7. The van der Waals surface area contributed by atoms with Crippen molar-refractivity contribution in [2.24, 2.45) is 0 Å². The predicted octanol–water partition coefficient (Wildman–Crippen LogP) is 1.75. The van der Waals surface area contributed by atoms with Crippen LogP contribution in [0, 0.1) is 6.92 Å². The molecule has 0 radical (unpaired) electrons. The zero-order valence-corrected chi connectivity index (χ0v) is 12.7. The third kappa shape index (κ3) is 2.45. The lowest BCUT2D eigenvalue weighted by Gasteiger charge is -2.16. The molecule has 1 heterocycles. The fourth-order valence-electron chi connectivity index (χ4n) is 2.41. The summed E-state index contributed by atoms with van der Waals surface area (Å²) in [6.07, 6.45) is -0.436. The van der Waals surface area contributed by atoms with Gasteiger partial charge in [-0.1, -0.05) is 0 Å². The third-order valence-electron chi connectivity index (χ3n) is 3.31. The normalized spacial score (nSPS) is 10.5. The summed E-state index contributed by atoms with van der Waals surface area (Å²) >= 11 is 0. The van der Waals surface area contributed by atoms with Crippen LogP contribution in [0.3, 0.4) is 0 Å². The molecule has 22 heavy (non-hydrogen) atoms. The van der Waals surface area contributed by atoms with Gasteiger partial charge in [-0.05, 0) is 13.0 Å². The van der Waals surface area contributed by atoms with Gasteiger partial charge in [0.2, 0.25) is 5.75 Å². The van der Waals surface area contributed by atoms with Gasteiger partial charge in [-0.25, -0.2) is 4.79 Å². The molecular formula is C15H16O7. The minimum absolute atomic E-state index is 0.0323. The molecule has 0 saturated heterocycles. The third-order valence-corrected chi connectivity index (χ3v) is 3.31. The molecule has 0 unspecified atom stereocenters. The summed E-state index contributed by atoms with van der Waals surface area (Å²) < 4.78 is 21.2. The van der Waals surface area contributed by atoms with Crippen LogP contribution < -0.4 is 19.8 Å². The van der Waals surface area contributed by atoms with Crippen LogP contribution in [-0.4, -0.2) is 32.4 Å². The van der Waals surface area contributed by atoms with E-state index in [1.807, 2.05) is 0 Å². The minimum atomic E-state index is -1.12. The summed E-state index contributed by atoms with van der Waals surface area (Å²) in [5, 5.41) is 9.32. The van der Waals surface area contributed by atoms with E-state index in [2.05, 4.69) is 0 Å². The highest BCUT2D eigenvalue weighted by atomic mass is 16.5. The maximum Gasteiger partial charge on any atom is 0.340 e. The van der Waals surface area contributed by atoms with Crippen molar-refractivity contribution in [3.63, 3.8) is 0 Å². The number of hydrogen-bond acceptors (Lipinski definition) is 6. The minimum Gasteiger partial charge on any atom is -0.496 e. The molecule has 7 heteroatoms. The molecular weight excluding hydrogens is 292 g/mol. The molecule has 0 saturated carbocycles. The molecule has 0 aliphatic carbocycles. The Morgan fingerprint density at radius 2 is 1.73 bits per heavy atom. The lowest BCUT2D eigenvalue weighted by molar-refractivity contribution is -0.136. The van der Waals surface area contributed by atoms with E-state index < -0.39 is 18.0 Å². The van der Waals surface area contributed by atoms with E-state index >= 15 is 0 Å². The quantitative estimate of drug-likeness (QED) is 0.841. The SMILES string of the molecule is COc1c(C)c(OC)c2cc(CC(=O)O)c(=O)oc2c1OC. The summed E-state index contributed by atoms with van der Waals surface area (Å²) in [6.45, 7) is 1.77. The van der Waals surface area contributed by atoms with Gasteiger partial charge in [0, 0.05) is 11.1 Å². The van der Waals surface area contributed by atoms with Crippen molar-refractivity contribution in [2.75, 3.05) is 21.3 Å². The summed E-state index contributed by atoms with van der Waals surface area (Å²) in [5.74, 6) is -0.0402. The second-order valence-electron chi connectivity index (χ2n) is 4.60. The Labute approximate surface area is 126 Å². The molecule has 1 aromatic carbocycles. The Hall–Kier alpha value is -2.70.